The van der Waals surface area contributed by atoms with Gasteiger partial charge in [-0.05, 0) is 25.2 Å². The lowest BCUT2D eigenvalue weighted by Gasteiger charge is -2.34. The Bertz CT molecular complexity index is 774. The number of alkyl halides is 3. The molecule has 0 bridgehead atoms. The average Bonchev–Trinajstić information content (AvgIpc) is 2.62. The van der Waals surface area contributed by atoms with E-state index in [2.05, 4.69) is 20.2 Å². The molecule has 1 aromatic heterocycles. The molecule has 138 valence electrons. The van der Waals surface area contributed by atoms with Crippen molar-refractivity contribution in [3.8, 4) is 0 Å². The van der Waals surface area contributed by atoms with Crippen LogP contribution in [0.4, 0.5) is 24.5 Å². The lowest BCUT2D eigenvalue weighted by atomic mass is 10.1. The Labute approximate surface area is 148 Å². The summed E-state index contributed by atoms with van der Waals surface area (Å²) in [4.78, 5) is 23.7. The first-order valence-corrected chi connectivity index (χ1v) is 8.07. The third-order valence-electron chi connectivity index (χ3n) is 4.22. The first-order valence-electron chi connectivity index (χ1n) is 8.07. The van der Waals surface area contributed by atoms with Crippen molar-refractivity contribution in [3.63, 3.8) is 0 Å². The molecule has 0 saturated carbocycles. The zero-order chi connectivity index (χ0) is 18.7. The van der Waals surface area contributed by atoms with Crippen LogP contribution < -0.4 is 10.2 Å². The Morgan fingerprint density at radius 1 is 1.15 bits per heavy atom. The van der Waals surface area contributed by atoms with Gasteiger partial charge in [-0.15, -0.1) is 0 Å². The molecule has 0 unspecified atom stereocenters. The number of carbonyl (C=O) groups excluding carboxylic acids is 1. The molecule has 1 fully saturated rings. The molecule has 0 aliphatic carbocycles. The van der Waals surface area contributed by atoms with E-state index < -0.39 is 17.6 Å². The number of anilines is 2. The van der Waals surface area contributed by atoms with Crippen molar-refractivity contribution in [1.29, 1.82) is 0 Å². The molecule has 1 aliphatic heterocycles. The van der Waals surface area contributed by atoms with Crippen molar-refractivity contribution in [2.24, 2.45) is 0 Å². The minimum Gasteiger partial charge on any atom is -0.369 e. The molecule has 1 amide bonds. The zero-order valence-electron chi connectivity index (χ0n) is 14.1. The Morgan fingerprint density at radius 3 is 2.50 bits per heavy atom. The van der Waals surface area contributed by atoms with E-state index in [4.69, 9.17) is 0 Å². The SMILES string of the molecule is CN1CCN(c2ccc(NC(=O)c3cnccn3)c(C(F)(F)F)c2)CC1. The summed E-state index contributed by atoms with van der Waals surface area (Å²) in [5.41, 5.74) is -0.746. The van der Waals surface area contributed by atoms with Crippen LogP contribution in [0.15, 0.2) is 36.8 Å². The third-order valence-corrected chi connectivity index (χ3v) is 4.22. The van der Waals surface area contributed by atoms with Crippen LogP contribution in [-0.4, -0.2) is 54.0 Å². The van der Waals surface area contributed by atoms with Gasteiger partial charge in [0.2, 0.25) is 0 Å². The lowest BCUT2D eigenvalue weighted by Crippen LogP contribution is -2.44. The topological polar surface area (TPSA) is 61.4 Å². The van der Waals surface area contributed by atoms with E-state index in [9.17, 15) is 18.0 Å². The standard InChI is InChI=1S/C17H18F3N5O/c1-24-6-8-25(9-7-24)12-2-3-14(13(10-12)17(18,19)20)23-16(26)15-11-21-4-5-22-15/h2-5,10-11H,6-9H2,1H3,(H,23,26). The Kier molecular flexibility index (Phi) is 5.08. The maximum Gasteiger partial charge on any atom is 0.418 e. The number of benzene rings is 1. The molecular formula is C17H18F3N5O. The van der Waals surface area contributed by atoms with Crippen LogP contribution in [-0.2, 0) is 6.18 Å². The van der Waals surface area contributed by atoms with Crippen LogP contribution in [0, 0.1) is 0 Å². The molecule has 0 radical (unpaired) electrons. The number of piperazine rings is 1. The maximum absolute atomic E-state index is 13.5. The summed E-state index contributed by atoms with van der Waals surface area (Å²) in [5, 5.41) is 2.28. The molecule has 9 heteroatoms. The molecule has 0 spiro atoms. The first-order chi connectivity index (χ1) is 12.3. The lowest BCUT2D eigenvalue weighted by molar-refractivity contribution is -0.136. The van der Waals surface area contributed by atoms with Gasteiger partial charge in [-0.25, -0.2) is 4.98 Å². The summed E-state index contributed by atoms with van der Waals surface area (Å²) < 4.78 is 40.5. The Hall–Kier alpha value is -2.68. The quantitative estimate of drug-likeness (QED) is 0.906. The van der Waals surface area contributed by atoms with Gasteiger partial charge in [-0.1, -0.05) is 0 Å². The van der Waals surface area contributed by atoms with E-state index in [0.29, 0.717) is 18.8 Å². The van der Waals surface area contributed by atoms with E-state index in [1.54, 1.807) is 6.07 Å². The smallest absolute Gasteiger partial charge is 0.369 e. The van der Waals surface area contributed by atoms with Crippen LogP contribution >= 0.6 is 0 Å². The van der Waals surface area contributed by atoms with Crippen molar-refractivity contribution in [2.45, 2.75) is 6.18 Å². The molecule has 1 N–H and O–H groups in total. The number of halogens is 3. The Morgan fingerprint density at radius 2 is 1.88 bits per heavy atom. The minimum atomic E-state index is -4.59. The highest BCUT2D eigenvalue weighted by molar-refractivity contribution is 6.03. The van der Waals surface area contributed by atoms with Crippen LogP contribution in [0.25, 0.3) is 0 Å². The van der Waals surface area contributed by atoms with Gasteiger partial charge in [0.1, 0.15) is 5.69 Å². The third kappa shape index (κ3) is 4.10. The van der Waals surface area contributed by atoms with E-state index in [0.717, 1.165) is 19.2 Å². The number of aromatic nitrogens is 2. The van der Waals surface area contributed by atoms with Crippen LogP contribution in [0.2, 0.25) is 0 Å². The molecule has 1 aliphatic rings. The summed E-state index contributed by atoms with van der Waals surface area (Å²) in [6, 6.07) is 3.95. The van der Waals surface area contributed by atoms with Crippen molar-refractivity contribution >= 4 is 17.3 Å². The molecule has 1 saturated heterocycles. The molecular weight excluding hydrogens is 347 g/mol. The number of carbonyl (C=O) groups is 1. The van der Waals surface area contributed by atoms with Gasteiger partial charge >= 0.3 is 6.18 Å². The summed E-state index contributed by atoms with van der Waals surface area (Å²) >= 11 is 0. The molecule has 3 rings (SSSR count). The van der Waals surface area contributed by atoms with Gasteiger partial charge in [-0.3, -0.25) is 9.78 Å². The number of nitrogens with zero attached hydrogens (tertiary/aromatic N) is 4. The van der Waals surface area contributed by atoms with Crippen molar-refractivity contribution < 1.29 is 18.0 Å². The fourth-order valence-corrected chi connectivity index (χ4v) is 2.74. The normalized spacial score (nSPS) is 15.8. The largest absolute Gasteiger partial charge is 0.418 e. The number of amides is 1. The van der Waals surface area contributed by atoms with E-state index >= 15 is 0 Å². The van der Waals surface area contributed by atoms with E-state index in [-0.39, 0.29) is 11.4 Å². The van der Waals surface area contributed by atoms with Gasteiger partial charge in [0.25, 0.3) is 5.91 Å². The van der Waals surface area contributed by atoms with Gasteiger partial charge < -0.3 is 15.1 Å². The second-order valence-corrected chi connectivity index (χ2v) is 6.06. The van der Waals surface area contributed by atoms with Crippen LogP contribution in [0.5, 0.6) is 0 Å². The molecule has 2 heterocycles. The second-order valence-electron chi connectivity index (χ2n) is 6.06. The minimum absolute atomic E-state index is 0.0521. The zero-order valence-corrected chi connectivity index (χ0v) is 14.1. The monoisotopic (exact) mass is 365 g/mol. The van der Waals surface area contributed by atoms with Crippen LogP contribution in [0.1, 0.15) is 16.1 Å². The summed E-state index contributed by atoms with van der Waals surface area (Å²) in [5.74, 6) is -0.740. The molecule has 1 aromatic carbocycles. The number of likely N-dealkylation sites (N-methyl/N-ethyl adjacent to an activating group) is 1. The van der Waals surface area contributed by atoms with E-state index in [1.165, 1.54) is 24.7 Å². The highest BCUT2D eigenvalue weighted by Gasteiger charge is 2.35. The second kappa shape index (κ2) is 7.28. The molecule has 0 atom stereocenters. The average molecular weight is 365 g/mol. The molecule has 26 heavy (non-hydrogen) atoms. The van der Waals surface area contributed by atoms with E-state index in [1.807, 2.05) is 11.9 Å². The summed E-state index contributed by atoms with van der Waals surface area (Å²) in [6.07, 6.45) is -0.715. The maximum atomic E-state index is 13.5. The van der Waals surface area contributed by atoms with Gasteiger partial charge in [-0.2, -0.15) is 13.2 Å². The summed E-state index contributed by atoms with van der Waals surface area (Å²) in [7, 11) is 1.98. The highest BCUT2D eigenvalue weighted by atomic mass is 19.4. The predicted molar refractivity (Wildman–Crippen MR) is 91.1 cm³/mol. The predicted octanol–water partition coefficient (Wildman–Crippen LogP) is 2.50. The number of nitrogens with one attached hydrogen (secondary N) is 1. The van der Waals surface area contributed by atoms with Gasteiger partial charge in [0, 0.05) is 44.3 Å². The van der Waals surface area contributed by atoms with Crippen molar-refractivity contribution in [2.75, 3.05) is 43.4 Å². The van der Waals surface area contributed by atoms with Gasteiger partial charge in [0.05, 0.1) is 17.4 Å². The number of rotatable bonds is 3. The fourth-order valence-electron chi connectivity index (χ4n) is 2.74. The fraction of sp³-hybridized carbons (Fsp3) is 0.353. The van der Waals surface area contributed by atoms with Crippen molar-refractivity contribution in [3.05, 3.63) is 48.0 Å². The molecule has 2 aromatic rings. The van der Waals surface area contributed by atoms with Crippen molar-refractivity contribution in [1.82, 2.24) is 14.9 Å². The first kappa shape index (κ1) is 18.1. The number of hydrogen-bond donors (Lipinski definition) is 1. The van der Waals surface area contributed by atoms with Gasteiger partial charge in [0.15, 0.2) is 0 Å². The Balaban J connectivity index is 1.87. The van der Waals surface area contributed by atoms with Crippen LogP contribution in [0.3, 0.4) is 0 Å². The molecule has 6 nitrogen and oxygen atoms in total. The number of hydrogen-bond acceptors (Lipinski definition) is 5. The summed E-state index contributed by atoms with van der Waals surface area (Å²) in [6.45, 7) is 2.87. The highest BCUT2D eigenvalue weighted by Crippen LogP contribution is 2.37.